The standard InChI is InChI=1S/C22H30N4O2S/c1-16-11-17(2)13-26(12-16)14-19-15-29-22(24-19)25-20(27)9-6-10-23-21(28)18-7-4-3-5-8-18/h3-5,7-8,15-17H,6,9-14H2,1-2H3,(H,23,28)(H,24,25,27)/t16-,17-/m1/s1. The molecule has 0 radical (unpaired) electrons. The molecule has 1 fully saturated rings. The maximum absolute atomic E-state index is 12.1. The number of nitrogens with one attached hydrogen (secondary N) is 2. The van der Waals surface area contributed by atoms with Crippen LogP contribution in [0.4, 0.5) is 5.13 Å². The molecule has 2 aromatic rings. The summed E-state index contributed by atoms with van der Waals surface area (Å²) in [6, 6.07) is 9.08. The number of nitrogens with zero attached hydrogens (tertiary/aromatic N) is 2. The van der Waals surface area contributed by atoms with Crippen LogP contribution in [0.25, 0.3) is 0 Å². The molecule has 29 heavy (non-hydrogen) atoms. The highest BCUT2D eigenvalue weighted by Gasteiger charge is 2.22. The van der Waals surface area contributed by atoms with Crippen LogP contribution in [0.15, 0.2) is 35.7 Å². The molecule has 7 heteroatoms. The van der Waals surface area contributed by atoms with Gasteiger partial charge in [0.05, 0.1) is 5.69 Å². The first-order valence-corrected chi connectivity index (χ1v) is 11.2. The molecule has 6 nitrogen and oxygen atoms in total. The van der Waals surface area contributed by atoms with Crippen LogP contribution in [0.2, 0.25) is 0 Å². The first-order chi connectivity index (χ1) is 14.0. The Kier molecular flexibility index (Phi) is 7.77. The predicted molar refractivity (Wildman–Crippen MR) is 117 cm³/mol. The summed E-state index contributed by atoms with van der Waals surface area (Å²) in [5, 5.41) is 8.39. The Morgan fingerprint density at radius 3 is 2.62 bits per heavy atom. The summed E-state index contributed by atoms with van der Waals surface area (Å²) < 4.78 is 0. The van der Waals surface area contributed by atoms with Crippen LogP contribution < -0.4 is 10.6 Å². The normalized spacial score (nSPS) is 19.7. The van der Waals surface area contributed by atoms with Crippen LogP contribution in [0.3, 0.4) is 0 Å². The van der Waals surface area contributed by atoms with Gasteiger partial charge in [-0.2, -0.15) is 0 Å². The average Bonchev–Trinajstić information content (AvgIpc) is 3.11. The number of hydrogen-bond donors (Lipinski definition) is 2. The third-order valence-electron chi connectivity index (χ3n) is 5.03. The fraction of sp³-hybridized carbons (Fsp3) is 0.500. The summed E-state index contributed by atoms with van der Waals surface area (Å²) in [5.74, 6) is 1.26. The second-order valence-electron chi connectivity index (χ2n) is 8.06. The number of carbonyl (C=O) groups is 2. The second kappa shape index (κ2) is 10.5. The van der Waals surface area contributed by atoms with Gasteiger partial charge in [-0.25, -0.2) is 4.98 Å². The van der Waals surface area contributed by atoms with Gasteiger partial charge in [0.2, 0.25) is 5.91 Å². The third-order valence-corrected chi connectivity index (χ3v) is 5.84. The average molecular weight is 415 g/mol. The molecule has 3 rings (SSSR count). The molecule has 0 bridgehead atoms. The highest BCUT2D eigenvalue weighted by molar-refractivity contribution is 7.13. The van der Waals surface area contributed by atoms with Crippen molar-refractivity contribution in [1.29, 1.82) is 0 Å². The molecule has 0 spiro atoms. The van der Waals surface area contributed by atoms with E-state index in [4.69, 9.17) is 0 Å². The van der Waals surface area contributed by atoms with Gasteiger partial charge < -0.3 is 10.6 Å². The highest BCUT2D eigenvalue weighted by atomic mass is 32.1. The van der Waals surface area contributed by atoms with Crippen molar-refractivity contribution >= 4 is 28.3 Å². The number of anilines is 1. The molecule has 1 aromatic carbocycles. The van der Waals surface area contributed by atoms with Gasteiger partial charge in [-0.3, -0.25) is 14.5 Å². The number of likely N-dealkylation sites (tertiary alicyclic amines) is 1. The fourth-order valence-electron chi connectivity index (χ4n) is 3.91. The van der Waals surface area contributed by atoms with Crippen molar-refractivity contribution in [2.24, 2.45) is 11.8 Å². The summed E-state index contributed by atoms with van der Waals surface area (Å²) in [4.78, 5) is 31.1. The molecule has 0 aliphatic carbocycles. The minimum atomic E-state index is -0.114. The van der Waals surface area contributed by atoms with Gasteiger partial charge in [-0.15, -0.1) is 11.3 Å². The van der Waals surface area contributed by atoms with Gasteiger partial charge >= 0.3 is 0 Å². The molecule has 1 aliphatic heterocycles. The van der Waals surface area contributed by atoms with Gasteiger partial charge in [-0.1, -0.05) is 32.0 Å². The quantitative estimate of drug-likeness (QED) is 0.645. The van der Waals surface area contributed by atoms with Gasteiger partial charge in [-0.05, 0) is 36.8 Å². The van der Waals surface area contributed by atoms with E-state index in [0.717, 1.165) is 37.2 Å². The number of amides is 2. The van der Waals surface area contributed by atoms with E-state index in [1.807, 2.05) is 23.6 Å². The van der Waals surface area contributed by atoms with E-state index >= 15 is 0 Å². The van der Waals surface area contributed by atoms with Crippen molar-refractivity contribution < 1.29 is 9.59 Å². The number of rotatable bonds is 8. The van der Waals surface area contributed by atoms with E-state index < -0.39 is 0 Å². The number of benzene rings is 1. The predicted octanol–water partition coefficient (Wildman–Crippen LogP) is 3.77. The SMILES string of the molecule is C[C@@H]1C[C@@H](C)CN(Cc2csc(NC(=O)CCCNC(=O)c3ccccc3)n2)C1. The largest absolute Gasteiger partial charge is 0.352 e. The molecule has 0 unspecified atom stereocenters. The third kappa shape index (κ3) is 6.94. The lowest BCUT2D eigenvalue weighted by molar-refractivity contribution is -0.116. The fourth-order valence-corrected chi connectivity index (χ4v) is 4.63. The zero-order valence-electron chi connectivity index (χ0n) is 17.2. The summed E-state index contributed by atoms with van der Waals surface area (Å²) >= 11 is 1.47. The van der Waals surface area contributed by atoms with Crippen molar-refractivity contribution in [3.8, 4) is 0 Å². The van der Waals surface area contributed by atoms with Crippen molar-refractivity contribution in [1.82, 2.24) is 15.2 Å². The number of carbonyl (C=O) groups excluding carboxylic acids is 2. The molecule has 0 saturated carbocycles. The number of hydrogen-bond acceptors (Lipinski definition) is 5. The molecular formula is C22H30N4O2S. The van der Waals surface area contributed by atoms with Crippen molar-refractivity contribution in [3.05, 3.63) is 47.0 Å². The summed E-state index contributed by atoms with van der Waals surface area (Å²) in [6.45, 7) is 8.13. The summed E-state index contributed by atoms with van der Waals surface area (Å²) in [6.07, 6.45) is 2.23. The maximum atomic E-state index is 12.1. The minimum Gasteiger partial charge on any atom is -0.352 e. The topological polar surface area (TPSA) is 74.3 Å². The molecule has 2 atom stereocenters. The zero-order valence-corrected chi connectivity index (χ0v) is 18.0. The Hall–Kier alpha value is -2.25. The summed E-state index contributed by atoms with van der Waals surface area (Å²) in [7, 11) is 0. The Balaban J connectivity index is 1.36. The van der Waals surface area contributed by atoms with Crippen LogP contribution in [-0.4, -0.2) is 41.3 Å². The minimum absolute atomic E-state index is 0.0694. The summed E-state index contributed by atoms with van der Waals surface area (Å²) in [5.41, 5.74) is 1.64. The van der Waals surface area contributed by atoms with Crippen LogP contribution >= 0.6 is 11.3 Å². The molecule has 2 amide bonds. The molecule has 156 valence electrons. The Bertz CT molecular complexity index is 798. The highest BCUT2D eigenvalue weighted by Crippen LogP contribution is 2.24. The van der Waals surface area contributed by atoms with Crippen molar-refractivity contribution in [3.63, 3.8) is 0 Å². The monoisotopic (exact) mass is 414 g/mol. The Labute approximate surface area is 176 Å². The molecule has 2 heterocycles. The molecule has 1 aromatic heterocycles. The first-order valence-electron chi connectivity index (χ1n) is 10.3. The molecule has 1 saturated heterocycles. The molecule has 2 N–H and O–H groups in total. The maximum Gasteiger partial charge on any atom is 0.251 e. The number of piperidine rings is 1. The lowest BCUT2D eigenvalue weighted by atomic mass is 9.92. The van der Waals surface area contributed by atoms with Crippen LogP contribution in [-0.2, 0) is 11.3 Å². The van der Waals surface area contributed by atoms with E-state index in [-0.39, 0.29) is 11.8 Å². The van der Waals surface area contributed by atoms with Crippen molar-refractivity contribution in [2.45, 2.75) is 39.7 Å². The van der Waals surface area contributed by atoms with E-state index in [0.29, 0.717) is 30.1 Å². The zero-order chi connectivity index (χ0) is 20.6. The van der Waals surface area contributed by atoms with Gasteiger partial charge in [0.25, 0.3) is 5.91 Å². The lowest BCUT2D eigenvalue weighted by Gasteiger charge is -2.34. The van der Waals surface area contributed by atoms with Crippen LogP contribution in [0, 0.1) is 11.8 Å². The Morgan fingerprint density at radius 1 is 1.17 bits per heavy atom. The smallest absolute Gasteiger partial charge is 0.251 e. The number of thiazole rings is 1. The van der Waals surface area contributed by atoms with E-state index in [1.165, 1.54) is 17.8 Å². The lowest BCUT2D eigenvalue weighted by Crippen LogP contribution is -2.38. The van der Waals surface area contributed by atoms with Gasteiger partial charge in [0.15, 0.2) is 5.13 Å². The molecular weight excluding hydrogens is 384 g/mol. The van der Waals surface area contributed by atoms with E-state index in [2.05, 4.69) is 34.4 Å². The number of aromatic nitrogens is 1. The van der Waals surface area contributed by atoms with E-state index in [1.54, 1.807) is 12.1 Å². The van der Waals surface area contributed by atoms with Gasteiger partial charge in [0.1, 0.15) is 0 Å². The Morgan fingerprint density at radius 2 is 1.90 bits per heavy atom. The second-order valence-corrected chi connectivity index (χ2v) is 8.92. The van der Waals surface area contributed by atoms with Crippen molar-refractivity contribution in [2.75, 3.05) is 25.0 Å². The van der Waals surface area contributed by atoms with Crippen LogP contribution in [0.1, 0.15) is 49.2 Å². The van der Waals surface area contributed by atoms with E-state index in [9.17, 15) is 9.59 Å². The van der Waals surface area contributed by atoms with Crippen LogP contribution in [0.5, 0.6) is 0 Å². The molecule has 1 aliphatic rings. The van der Waals surface area contributed by atoms with Gasteiger partial charge in [0, 0.05) is 43.5 Å². The first kappa shape index (κ1) is 21.5.